The lowest BCUT2D eigenvalue weighted by atomic mass is 9.85. The highest BCUT2D eigenvalue weighted by Gasteiger charge is 2.33. The Morgan fingerprint density at radius 3 is 2.72 bits per heavy atom. The van der Waals surface area contributed by atoms with Crippen molar-refractivity contribution in [2.24, 2.45) is 0 Å². The lowest BCUT2D eigenvalue weighted by molar-refractivity contribution is 0.0945. The topological polar surface area (TPSA) is 57.8 Å². The number of aromatic amines is 1. The van der Waals surface area contributed by atoms with Gasteiger partial charge in [-0.05, 0) is 63.4 Å². The Morgan fingerprint density at radius 2 is 1.86 bits per heavy atom. The number of aromatic nitrogens is 2. The van der Waals surface area contributed by atoms with E-state index in [9.17, 15) is 4.79 Å². The molecule has 36 heavy (non-hydrogen) atoms. The number of fused-ring (bicyclic) bond motifs is 4. The number of pyridine rings is 1. The van der Waals surface area contributed by atoms with Crippen molar-refractivity contribution in [1.82, 2.24) is 15.3 Å². The van der Waals surface area contributed by atoms with E-state index in [1.165, 1.54) is 27.1 Å². The Balaban J connectivity index is 1.26. The maximum absolute atomic E-state index is 13.5. The molecule has 2 atom stereocenters. The van der Waals surface area contributed by atoms with E-state index in [1.807, 2.05) is 12.3 Å². The molecule has 3 aromatic heterocycles. The summed E-state index contributed by atoms with van der Waals surface area (Å²) in [5, 5.41) is 6.29. The Bertz CT molecular complexity index is 1680. The van der Waals surface area contributed by atoms with Crippen LogP contribution in [-0.4, -0.2) is 15.9 Å². The second-order valence-electron chi connectivity index (χ2n) is 9.24. The van der Waals surface area contributed by atoms with Gasteiger partial charge in [0.15, 0.2) is 0 Å². The van der Waals surface area contributed by atoms with Gasteiger partial charge in [-0.15, -0.1) is 11.3 Å². The summed E-state index contributed by atoms with van der Waals surface area (Å²) in [4.78, 5) is 22.2. The molecule has 5 aromatic rings. The van der Waals surface area contributed by atoms with Crippen LogP contribution in [0.2, 0.25) is 0 Å². The van der Waals surface area contributed by atoms with Gasteiger partial charge >= 0.3 is 0 Å². The van der Waals surface area contributed by atoms with Crippen LogP contribution in [0.25, 0.3) is 27.7 Å². The van der Waals surface area contributed by atoms with Gasteiger partial charge in [-0.1, -0.05) is 66.8 Å². The Hall–Kier alpha value is -4.22. The van der Waals surface area contributed by atoms with Crippen LogP contribution in [0, 0.1) is 0 Å². The van der Waals surface area contributed by atoms with Crippen LogP contribution >= 0.6 is 11.3 Å². The molecule has 0 radical (unpaired) electrons. The quantitative estimate of drug-likeness (QED) is 0.282. The number of rotatable bonds is 4. The average molecular weight is 486 g/mol. The predicted octanol–water partition coefficient (Wildman–Crippen LogP) is 7.25. The summed E-state index contributed by atoms with van der Waals surface area (Å²) in [7, 11) is 0. The minimum Gasteiger partial charge on any atom is -0.346 e. The second kappa shape index (κ2) is 8.47. The largest absolute Gasteiger partial charge is 0.346 e. The first-order valence-corrected chi connectivity index (χ1v) is 13.0. The molecule has 0 fully saturated rings. The Kier molecular flexibility index (Phi) is 4.96. The second-order valence-corrected chi connectivity index (χ2v) is 10.2. The number of nitrogens with zero attached hydrogens (tertiary/aromatic N) is 1. The van der Waals surface area contributed by atoms with Gasteiger partial charge in [-0.25, -0.2) is 4.98 Å². The van der Waals surface area contributed by atoms with Crippen molar-refractivity contribution in [3.05, 3.63) is 130 Å². The number of carbonyl (C=O) groups excluding carboxylic acids is 1. The highest BCUT2D eigenvalue weighted by Crippen LogP contribution is 2.48. The van der Waals surface area contributed by atoms with Crippen molar-refractivity contribution in [3.63, 3.8) is 0 Å². The molecule has 2 N–H and O–H groups in total. The third-order valence-corrected chi connectivity index (χ3v) is 8.19. The molecule has 7 rings (SSSR count). The molecule has 2 unspecified atom stereocenters. The monoisotopic (exact) mass is 485 g/mol. The molecule has 2 aromatic carbocycles. The number of thiophene rings is 1. The smallest absolute Gasteiger partial charge is 0.252 e. The molecule has 2 aliphatic rings. The molecule has 0 saturated carbocycles. The van der Waals surface area contributed by atoms with Crippen molar-refractivity contribution >= 4 is 33.9 Å². The fraction of sp³-hybridized carbons (Fsp3) is 0.0968. The Morgan fingerprint density at radius 1 is 0.972 bits per heavy atom. The molecule has 1 amide bonds. The van der Waals surface area contributed by atoms with Gasteiger partial charge in [-0.3, -0.25) is 4.79 Å². The molecule has 4 nitrogen and oxygen atoms in total. The summed E-state index contributed by atoms with van der Waals surface area (Å²) < 4.78 is 0. The van der Waals surface area contributed by atoms with Gasteiger partial charge in [0.25, 0.3) is 5.91 Å². The zero-order chi connectivity index (χ0) is 24.1. The number of nitrogens with one attached hydrogen (secondary N) is 2. The third kappa shape index (κ3) is 3.35. The fourth-order valence-corrected chi connectivity index (χ4v) is 6.34. The van der Waals surface area contributed by atoms with Crippen LogP contribution in [0.4, 0.5) is 0 Å². The molecular formula is C31H23N3OS. The van der Waals surface area contributed by atoms with Crippen molar-refractivity contribution in [2.45, 2.75) is 18.4 Å². The van der Waals surface area contributed by atoms with Gasteiger partial charge < -0.3 is 10.3 Å². The molecular weight excluding hydrogens is 462 g/mol. The number of benzene rings is 2. The number of H-pyrrole nitrogens is 1. The summed E-state index contributed by atoms with van der Waals surface area (Å²) in [5.41, 5.74) is 8.71. The molecule has 0 aliphatic heterocycles. The summed E-state index contributed by atoms with van der Waals surface area (Å²) in [5.74, 6) is 0.201. The number of hydrogen-bond donors (Lipinski definition) is 2. The highest BCUT2D eigenvalue weighted by atomic mass is 32.1. The molecule has 3 heterocycles. The predicted molar refractivity (Wildman–Crippen MR) is 146 cm³/mol. The van der Waals surface area contributed by atoms with E-state index in [0.717, 1.165) is 28.6 Å². The molecule has 5 heteroatoms. The van der Waals surface area contributed by atoms with E-state index in [-0.39, 0.29) is 11.9 Å². The van der Waals surface area contributed by atoms with E-state index in [0.29, 0.717) is 11.5 Å². The Labute approximate surface area is 213 Å². The maximum Gasteiger partial charge on any atom is 0.252 e. The van der Waals surface area contributed by atoms with Crippen molar-refractivity contribution in [1.29, 1.82) is 0 Å². The first kappa shape index (κ1) is 21.1. The van der Waals surface area contributed by atoms with Crippen LogP contribution in [0.15, 0.2) is 103 Å². The van der Waals surface area contributed by atoms with Crippen molar-refractivity contribution in [2.75, 3.05) is 0 Å². The number of hydrogen-bond acceptors (Lipinski definition) is 3. The standard InChI is InChI=1S/C31H23N3OS/c35-31(25-15-17-33-30-24(25)14-16-32-30)34-29-23-6-2-1-5-22(23)28-21(7-3-8-26(28)29)19-10-12-20(13-11-19)27-9-4-18-36-27/h1-10,12-19,29H,11H2,(H,32,33)(H,34,35). The SMILES string of the molecule is O=C(NC1c2ccccc2-c2c(C3C=CC(c4cccs4)=CC3)cccc21)c1ccnc2[nH]ccc12. The van der Waals surface area contributed by atoms with Crippen LogP contribution < -0.4 is 5.32 Å². The lowest BCUT2D eigenvalue weighted by Crippen LogP contribution is -2.28. The molecule has 2 aliphatic carbocycles. The number of carbonyl (C=O) groups is 1. The first-order chi connectivity index (χ1) is 17.8. The van der Waals surface area contributed by atoms with Gasteiger partial charge in [0.1, 0.15) is 5.65 Å². The third-order valence-electron chi connectivity index (χ3n) is 7.27. The molecule has 0 spiro atoms. The fourth-order valence-electron chi connectivity index (χ4n) is 5.59. The van der Waals surface area contributed by atoms with Crippen molar-refractivity contribution in [3.8, 4) is 11.1 Å². The van der Waals surface area contributed by atoms with Gasteiger partial charge in [0.2, 0.25) is 0 Å². The summed E-state index contributed by atoms with van der Waals surface area (Å²) in [6.07, 6.45) is 11.4. The van der Waals surface area contributed by atoms with Crippen molar-refractivity contribution < 1.29 is 4.79 Å². The van der Waals surface area contributed by atoms with Gasteiger partial charge in [-0.2, -0.15) is 0 Å². The number of amides is 1. The number of allylic oxidation sites excluding steroid dienone is 4. The first-order valence-electron chi connectivity index (χ1n) is 12.2. The maximum atomic E-state index is 13.5. The zero-order valence-electron chi connectivity index (χ0n) is 19.4. The van der Waals surface area contributed by atoms with Crippen LogP contribution in [0.5, 0.6) is 0 Å². The summed E-state index contributed by atoms with van der Waals surface area (Å²) in [6.45, 7) is 0. The zero-order valence-corrected chi connectivity index (χ0v) is 20.3. The summed E-state index contributed by atoms with van der Waals surface area (Å²) in [6, 6.07) is 22.7. The molecule has 0 bridgehead atoms. The highest BCUT2D eigenvalue weighted by molar-refractivity contribution is 7.11. The van der Waals surface area contributed by atoms with E-state index >= 15 is 0 Å². The average Bonchev–Trinajstić information content (AvgIpc) is 3.69. The van der Waals surface area contributed by atoms with Gasteiger partial charge in [0.05, 0.1) is 11.6 Å². The lowest BCUT2D eigenvalue weighted by Gasteiger charge is -2.21. The van der Waals surface area contributed by atoms with Crippen LogP contribution in [-0.2, 0) is 0 Å². The normalized spacial score (nSPS) is 18.1. The van der Waals surface area contributed by atoms with E-state index < -0.39 is 0 Å². The summed E-state index contributed by atoms with van der Waals surface area (Å²) >= 11 is 1.78. The van der Waals surface area contributed by atoms with E-state index in [1.54, 1.807) is 23.6 Å². The van der Waals surface area contributed by atoms with E-state index in [2.05, 4.69) is 93.5 Å². The van der Waals surface area contributed by atoms with Gasteiger partial charge in [0, 0.05) is 28.6 Å². The molecule has 174 valence electrons. The van der Waals surface area contributed by atoms with E-state index in [4.69, 9.17) is 0 Å². The molecule has 0 saturated heterocycles. The minimum atomic E-state index is -0.199. The van der Waals surface area contributed by atoms with Crippen LogP contribution in [0.1, 0.15) is 50.3 Å². The minimum absolute atomic E-state index is 0.0962. The van der Waals surface area contributed by atoms with Crippen LogP contribution in [0.3, 0.4) is 0 Å².